The lowest BCUT2D eigenvalue weighted by molar-refractivity contribution is 0.0693. The number of carboxylic acids is 1. The molecule has 0 radical (unpaired) electrons. The molecule has 0 atom stereocenters. The Kier molecular flexibility index (Phi) is 2.55. The number of H-pyrrole nitrogens is 1. The van der Waals surface area contributed by atoms with E-state index < -0.39 is 11.5 Å². The van der Waals surface area contributed by atoms with Crippen molar-refractivity contribution in [2.24, 2.45) is 0 Å². The molecule has 0 aliphatic heterocycles. The van der Waals surface area contributed by atoms with Crippen LogP contribution in [0.1, 0.15) is 21.7 Å². The van der Waals surface area contributed by atoms with E-state index in [2.05, 4.69) is 10.2 Å². The Labute approximate surface area is 89.5 Å². The third-order valence-corrected chi connectivity index (χ3v) is 2.09. The highest BCUT2D eigenvalue weighted by molar-refractivity contribution is 5.88. The molecule has 0 fully saturated rings. The zero-order chi connectivity index (χ0) is 11.5. The summed E-state index contributed by atoms with van der Waals surface area (Å²) in [6.45, 7) is 0. The Bertz CT molecular complexity index is 556. The van der Waals surface area contributed by atoms with Gasteiger partial charge in [-0.05, 0) is 17.7 Å². The first-order valence-electron chi connectivity index (χ1n) is 4.50. The van der Waals surface area contributed by atoms with Gasteiger partial charge in [0.2, 0.25) is 0 Å². The van der Waals surface area contributed by atoms with Gasteiger partial charge in [0.25, 0.3) is 5.56 Å². The van der Waals surface area contributed by atoms with E-state index in [0.717, 1.165) is 0 Å². The smallest absolute Gasteiger partial charge is 0.341 e. The molecular formula is C10H8N2O4. The number of hydrogen-bond acceptors (Lipinski definition) is 4. The number of nitrogens with zero attached hydrogens (tertiary/aromatic N) is 1. The number of carboxylic acid groups (broad SMARTS) is 1. The summed E-state index contributed by atoms with van der Waals surface area (Å²) in [4.78, 5) is 22.2. The number of hydrogen-bond donors (Lipinski definition) is 2. The monoisotopic (exact) mass is 220 g/mol. The fraction of sp³-hybridized carbons (Fsp3) is 0.100. The minimum atomic E-state index is -1.27. The number of aromatic nitrogens is 2. The second kappa shape index (κ2) is 4.01. The lowest BCUT2D eigenvalue weighted by atomic mass is 10.1. The first-order valence-corrected chi connectivity index (χ1v) is 4.50. The quantitative estimate of drug-likeness (QED) is 0.791. The Hall–Kier alpha value is -2.37. The van der Waals surface area contributed by atoms with Gasteiger partial charge in [-0.15, -0.1) is 0 Å². The molecule has 6 heteroatoms. The third-order valence-electron chi connectivity index (χ3n) is 2.09. The van der Waals surface area contributed by atoms with Crippen LogP contribution in [0.5, 0.6) is 0 Å². The SMILES string of the molecule is O=C(O)c1c(Cc2ccco2)cn[nH]c1=O. The van der Waals surface area contributed by atoms with Crippen molar-refractivity contribution < 1.29 is 14.3 Å². The fourth-order valence-corrected chi connectivity index (χ4v) is 1.40. The molecule has 0 unspecified atom stereocenters. The zero-order valence-electron chi connectivity index (χ0n) is 8.14. The fourth-order valence-electron chi connectivity index (χ4n) is 1.40. The number of nitrogens with one attached hydrogen (secondary N) is 1. The Morgan fingerprint density at radius 3 is 3.00 bits per heavy atom. The third kappa shape index (κ3) is 1.85. The summed E-state index contributed by atoms with van der Waals surface area (Å²) in [5.74, 6) is -0.694. The second-order valence-electron chi connectivity index (χ2n) is 3.16. The predicted molar refractivity (Wildman–Crippen MR) is 53.3 cm³/mol. The average molecular weight is 220 g/mol. The van der Waals surface area contributed by atoms with Crippen molar-refractivity contribution in [3.05, 3.63) is 51.8 Å². The molecule has 0 aliphatic rings. The zero-order valence-corrected chi connectivity index (χ0v) is 8.14. The van der Waals surface area contributed by atoms with Crippen molar-refractivity contribution >= 4 is 5.97 Å². The molecule has 0 amide bonds. The molecule has 0 bridgehead atoms. The van der Waals surface area contributed by atoms with Crippen LogP contribution in [-0.2, 0) is 6.42 Å². The molecule has 16 heavy (non-hydrogen) atoms. The summed E-state index contributed by atoms with van der Waals surface area (Å²) >= 11 is 0. The molecule has 0 saturated carbocycles. The highest BCUT2D eigenvalue weighted by Crippen LogP contribution is 2.10. The minimum Gasteiger partial charge on any atom is -0.477 e. The van der Waals surface area contributed by atoms with Crippen LogP contribution in [0.15, 0.2) is 33.8 Å². The normalized spacial score (nSPS) is 10.2. The molecule has 2 rings (SSSR count). The summed E-state index contributed by atoms with van der Waals surface area (Å²) in [5.41, 5.74) is -0.686. The summed E-state index contributed by atoms with van der Waals surface area (Å²) in [6, 6.07) is 3.39. The van der Waals surface area contributed by atoms with E-state index in [9.17, 15) is 9.59 Å². The number of rotatable bonds is 3. The largest absolute Gasteiger partial charge is 0.477 e. The standard InChI is InChI=1S/C10H8N2O4/c13-9-8(10(14)15)6(5-11-12-9)4-7-2-1-3-16-7/h1-3,5H,4H2,(H,12,13)(H,14,15). The maximum atomic E-state index is 11.3. The molecule has 2 aromatic rings. The van der Waals surface area contributed by atoms with E-state index in [4.69, 9.17) is 9.52 Å². The first-order chi connectivity index (χ1) is 7.68. The molecule has 2 heterocycles. The Balaban J connectivity index is 2.45. The topological polar surface area (TPSA) is 96.2 Å². The van der Waals surface area contributed by atoms with Gasteiger partial charge < -0.3 is 9.52 Å². The molecule has 6 nitrogen and oxygen atoms in total. The van der Waals surface area contributed by atoms with Crippen LogP contribution in [0.4, 0.5) is 0 Å². The van der Waals surface area contributed by atoms with Crippen molar-refractivity contribution in [1.29, 1.82) is 0 Å². The van der Waals surface area contributed by atoms with Crippen molar-refractivity contribution in [3.63, 3.8) is 0 Å². The Morgan fingerprint density at radius 1 is 1.56 bits per heavy atom. The van der Waals surface area contributed by atoms with Crippen molar-refractivity contribution in [1.82, 2.24) is 10.2 Å². The van der Waals surface area contributed by atoms with Crippen molar-refractivity contribution in [2.45, 2.75) is 6.42 Å². The van der Waals surface area contributed by atoms with Gasteiger partial charge in [0, 0.05) is 6.42 Å². The summed E-state index contributed by atoms with van der Waals surface area (Å²) < 4.78 is 5.08. The molecule has 2 N–H and O–H groups in total. The van der Waals surface area contributed by atoms with Crippen molar-refractivity contribution in [2.75, 3.05) is 0 Å². The van der Waals surface area contributed by atoms with Crippen LogP contribution in [0, 0.1) is 0 Å². The van der Waals surface area contributed by atoms with Crippen LogP contribution in [0.2, 0.25) is 0 Å². The van der Waals surface area contributed by atoms with Gasteiger partial charge in [0.1, 0.15) is 11.3 Å². The summed E-state index contributed by atoms with van der Waals surface area (Å²) in [7, 11) is 0. The molecular weight excluding hydrogens is 212 g/mol. The summed E-state index contributed by atoms with van der Waals surface area (Å²) in [6.07, 6.45) is 3.02. The lowest BCUT2D eigenvalue weighted by Gasteiger charge is -2.01. The highest BCUT2D eigenvalue weighted by Gasteiger charge is 2.16. The van der Waals surface area contributed by atoms with Gasteiger partial charge in [-0.2, -0.15) is 5.10 Å². The predicted octanol–water partition coefficient (Wildman–Crippen LogP) is 0.652. The van der Waals surface area contributed by atoms with Crippen LogP contribution >= 0.6 is 0 Å². The molecule has 0 aliphatic carbocycles. The van der Waals surface area contributed by atoms with Crippen LogP contribution in [0.25, 0.3) is 0 Å². The average Bonchev–Trinajstić information content (AvgIpc) is 2.70. The van der Waals surface area contributed by atoms with Gasteiger partial charge >= 0.3 is 5.97 Å². The van der Waals surface area contributed by atoms with Crippen LogP contribution in [-0.4, -0.2) is 21.3 Å². The number of aromatic carboxylic acids is 1. The molecule has 82 valence electrons. The highest BCUT2D eigenvalue weighted by atomic mass is 16.4. The van der Waals surface area contributed by atoms with Gasteiger partial charge in [0.15, 0.2) is 0 Å². The maximum Gasteiger partial charge on any atom is 0.341 e. The van der Waals surface area contributed by atoms with Crippen molar-refractivity contribution in [3.8, 4) is 0 Å². The van der Waals surface area contributed by atoms with E-state index in [-0.39, 0.29) is 12.0 Å². The second-order valence-corrected chi connectivity index (χ2v) is 3.16. The lowest BCUT2D eigenvalue weighted by Crippen LogP contribution is -2.21. The van der Waals surface area contributed by atoms with Gasteiger partial charge in [-0.25, -0.2) is 9.89 Å². The minimum absolute atomic E-state index is 0.228. The van der Waals surface area contributed by atoms with Crippen LogP contribution in [0.3, 0.4) is 0 Å². The van der Waals surface area contributed by atoms with E-state index in [1.54, 1.807) is 12.1 Å². The molecule has 0 saturated heterocycles. The summed E-state index contributed by atoms with van der Waals surface area (Å²) in [5, 5.41) is 14.5. The van der Waals surface area contributed by atoms with Gasteiger partial charge in [0.05, 0.1) is 12.5 Å². The number of aromatic amines is 1. The Morgan fingerprint density at radius 2 is 2.38 bits per heavy atom. The molecule has 2 aromatic heterocycles. The van der Waals surface area contributed by atoms with E-state index in [1.165, 1.54) is 12.5 Å². The van der Waals surface area contributed by atoms with E-state index in [0.29, 0.717) is 11.3 Å². The number of furan rings is 1. The molecule has 0 aromatic carbocycles. The van der Waals surface area contributed by atoms with Gasteiger partial charge in [-0.1, -0.05) is 0 Å². The van der Waals surface area contributed by atoms with E-state index in [1.807, 2.05) is 0 Å². The number of carbonyl (C=O) groups is 1. The molecule has 0 spiro atoms. The van der Waals surface area contributed by atoms with Gasteiger partial charge in [-0.3, -0.25) is 4.79 Å². The first kappa shape index (κ1) is 10.2. The van der Waals surface area contributed by atoms with Crippen LogP contribution < -0.4 is 5.56 Å². The van der Waals surface area contributed by atoms with E-state index >= 15 is 0 Å². The maximum absolute atomic E-state index is 11.3.